The summed E-state index contributed by atoms with van der Waals surface area (Å²) in [6, 6.07) is 132. The first-order valence-electron chi connectivity index (χ1n) is 34.2. The van der Waals surface area contributed by atoms with Gasteiger partial charge in [0.2, 0.25) is 5.95 Å². The van der Waals surface area contributed by atoms with E-state index in [1.54, 1.807) is 0 Å². The van der Waals surface area contributed by atoms with Crippen LogP contribution in [0.25, 0.3) is 188 Å². The molecule has 0 amide bonds. The first kappa shape index (κ1) is 56.9. The molecule has 0 unspecified atom stereocenters. The fraction of sp³-hybridized carbons (Fsp3) is 0. The van der Waals surface area contributed by atoms with Crippen molar-refractivity contribution < 1.29 is 0 Å². The SMILES string of the molecule is c1ccc(-c2cccc(-c3ccccc3)c2-c2cccc(-c3cc(-c4cccc(-n5c6ccccc6c6cc(-c7ccc8c(c7)c7ccccc7n8-c7ccccc7)ccc65)c4)nc(-n4c5ccccc5c5cc(-c6ccc7c(c6)c6ccccc6n7-c6ccccc6)ccc54)n3)c2)cc1. The van der Waals surface area contributed by atoms with Gasteiger partial charge < -0.3 is 13.7 Å². The zero-order chi connectivity index (χ0) is 65.8. The van der Waals surface area contributed by atoms with Gasteiger partial charge in [0, 0.05) is 71.3 Å². The summed E-state index contributed by atoms with van der Waals surface area (Å²) in [5.74, 6) is 0.583. The smallest absolute Gasteiger partial charge is 0.235 e. The highest BCUT2D eigenvalue weighted by Crippen LogP contribution is 2.45. The third-order valence-electron chi connectivity index (χ3n) is 20.4. The van der Waals surface area contributed by atoms with Crippen LogP contribution in [0.4, 0.5) is 0 Å². The Bertz CT molecular complexity index is 6570. The van der Waals surface area contributed by atoms with E-state index in [2.05, 4.69) is 382 Å². The molecule has 6 heteroatoms. The second-order valence-electron chi connectivity index (χ2n) is 26.0. The van der Waals surface area contributed by atoms with Crippen LogP contribution in [-0.4, -0.2) is 28.2 Å². The van der Waals surface area contributed by atoms with Crippen molar-refractivity contribution in [3.8, 4) is 101 Å². The van der Waals surface area contributed by atoms with Gasteiger partial charge in [0.05, 0.1) is 55.5 Å². The second-order valence-corrected chi connectivity index (χ2v) is 26.0. The van der Waals surface area contributed by atoms with Crippen LogP contribution in [0.2, 0.25) is 0 Å². The Morgan fingerprint density at radius 3 is 0.900 bits per heavy atom. The zero-order valence-electron chi connectivity index (χ0n) is 54.3. The van der Waals surface area contributed by atoms with Crippen LogP contribution in [-0.2, 0) is 0 Å². The molecule has 20 rings (SSSR count). The molecule has 0 aliphatic rings. The molecule has 0 aliphatic carbocycles. The largest absolute Gasteiger partial charge is 0.309 e. The van der Waals surface area contributed by atoms with Gasteiger partial charge in [-0.1, -0.05) is 243 Å². The lowest BCUT2D eigenvalue weighted by atomic mass is 9.87. The summed E-state index contributed by atoms with van der Waals surface area (Å²) in [4.78, 5) is 11.4. The molecule has 0 aliphatic heterocycles. The molecule has 0 spiro atoms. The number of para-hydroxylation sites is 6. The minimum absolute atomic E-state index is 0.583. The zero-order valence-corrected chi connectivity index (χ0v) is 54.3. The number of aromatic nitrogens is 6. The van der Waals surface area contributed by atoms with Crippen LogP contribution >= 0.6 is 0 Å². The normalized spacial score (nSPS) is 11.8. The summed E-state index contributed by atoms with van der Waals surface area (Å²) < 4.78 is 9.44. The van der Waals surface area contributed by atoms with E-state index in [0.29, 0.717) is 5.95 Å². The summed E-state index contributed by atoms with van der Waals surface area (Å²) in [7, 11) is 0. The fourth-order valence-corrected chi connectivity index (χ4v) is 15.9. The maximum Gasteiger partial charge on any atom is 0.235 e. The van der Waals surface area contributed by atoms with Crippen LogP contribution in [0.5, 0.6) is 0 Å². The Kier molecular flexibility index (Phi) is 13.2. The molecule has 100 heavy (non-hydrogen) atoms. The summed E-state index contributed by atoms with van der Waals surface area (Å²) in [6.07, 6.45) is 0. The minimum atomic E-state index is 0.583. The molecular formula is C94H60N6. The molecule has 0 saturated carbocycles. The van der Waals surface area contributed by atoms with E-state index in [-0.39, 0.29) is 0 Å². The molecule has 5 aromatic heterocycles. The predicted molar refractivity (Wildman–Crippen MR) is 417 cm³/mol. The quantitative estimate of drug-likeness (QED) is 0.130. The van der Waals surface area contributed by atoms with E-state index in [0.717, 1.165) is 117 Å². The number of hydrogen-bond donors (Lipinski definition) is 0. The van der Waals surface area contributed by atoms with Gasteiger partial charge in [-0.3, -0.25) is 4.57 Å². The molecular weight excluding hydrogens is 1210 g/mol. The van der Waals surface area contributed by atoms with Crippen LogP contribution < -0.4 is 0 Å². The van der Waals surface area contributed by atoms with Crippen molar-refractivity contribution in [1.82, 2.24) is 28.2 Å². The molecule has 0 radical (unpaired) electrons. The highest BCUT2D eigenvalue weighted by atomic mass is 15.2. The molecule has 5 heterocycles. The highest BCUT2D eigenvalue weighted by molar-refractivity contribution is 6.15. The maximum atomic E-state index is 5.72. The van der Waals surface area contributed by atoms with Gasteiger partial charge in [-0.2, -0.15) is 0 Å². The highest BCUT2D eigenvalue weighted by Gasteiger charge is 2.23. The van der Waals surface area contributed by atoms with Crippen molar-refractivity contribution in [2.45, 2.75) is 0 Å². The van der Waals surface area contributed by atoms with Crippen LogP contribution in [0.1, 0.15) is 0 Å². The number of fused-ring (bicyclic) bond motifs is 12. The molecule has 20 aromatic rings. The topological polar surface area (TPSA) is 45.5 Å². The number of rotatable bonds is 11. The minimum Gasteiger partial charge on any atom is -0.309 e. The second kappa shape index (κ2) is 23.2. The lowest BCUT2D eigenvalue weighted by Gasteiger charge is -2.17. The van der Waals surface area contributed by atoms with E-state index >= 15 is 0 Å². The van der Waals surface area contributed by atoms with Gasteiger partial charge >= 0.3 is 0 Å². The monoisotopic (exact) mass is 1270 g/mol. The first-order chi connectivity index (χ1) is 49.6. The molecule has 0 saturated heterocycles. The molecule has 0 bridgehead atoms. The van der Waals surface area contributed by atoms with Crippen LogP contribution in [0.3, 0.4) is 0 Å². The average Bonchev–Trinajstić information content (AvgIpc) is 1.57. The van der Waals surface area contributed by atoms with Crippen LogP contribution in [0, 0.1) is 0 Å². The summed E-state index contributed by atoms with van der Waals surface area (Å²) in [5.41, 5.74) is 27.4. The molecule has 0 N–H and O–H groups in total. The van der Waals surface area contributed by atoms with Gasteiger partial charge in [-0.05, 0) is 177 Å². The lowest BCUT2D eigenvalue weighted by Crippen LogP contribution is -2.04. The Morgan fingerprint density at radius 1 is 0.170 bits per heavy atom. The van der Waals surface area contributed by atoms with Gasteiger partial charge in [0.25, 0.3) is 0 Å². The summed E-state index contributed by atoms with van der Waals surface area (Å²) >= 11 is 0. The first-order valence-corrected chi connectivity index (χ1v) is 34.2. The third-order valence-corrected chi connectivity index (χ3v) is 20.4. The van der Waals surface area contributed by atoms with Crippen molar-refractivity contribution in [2.75, 3.05) is 0 Å². The molecule has 466 valence electrons. The van der Waals surface area contributed by atoms with Crippen molar-refractivity contribution in [3.63, 3.8) is 0 Å². The van der Waals surface area contributed by atoms with E-state index in [1.165, 1.54) is 65.5 Å². The number of benzene rings is 15. The van der Waals surface area contributed by atoms with Crippen molar-refractivity contribution in [3.05, 3.63) is 364 Å². The van der Waals surface area contributed by atoms with Crippen LogP contribution in [0.15, 0.2) is 364 Å². The molecule has 6 nitrogen and oxygen atoms in total. The van der Waals surface area contributed by atoms with Gasteiger partial charge in [0.1, 0.15) is 0 Å². The van der Waals surface area contributed by atoms with E-state index in [1.807, 2.05) is 0 Å². The van der Waals surface area contributed by atoms with Crippen molar-refractivity contribution in [2.24, 2.45) is 0 Å². The Morgan fingerprint density at radius 2 is 0.470 bits per heavy atom. The maximum absolute atomic E-state index is 5.72. The van der Waals surface area contributed by atoms with Gasteiger partial charge in [-0.15, -0.1) is 0 Å². The number of nitrogens with zero attached hydrogens (tertiary/aromatic N) is 6. The molecule has 15 aromatic carbocycles. The van der Waals surface area contributed by atoms with Crippen molar-refractivity contribution in [1.29, 1.82) is 0 Å². The summed E-state index contributed by atoms with van der Waals surface area (Å²) in [5, 5.41) is 9.52. The average molecular weight is 1270 g/mol. The molecule has 0 atom stereocenters. The van der Waals surface area contributed by atoms with Gasteiger partial charge in [-0.25, -0.2) is 9.97 Å². The van der Waals surface area contributed by atoms with Gasteiger partial charge in [0.15, 0.2) is 0 Å². The summed E-state index contributed by atoms with van der Waals surface area (Å²) in [6.45, 7) is 0. The van der Waals surface area contributed by atoms with E-state index < -0.39 is 0 Å². The third kappa shape index (κ3) is 9.26. The van der Waals surface area contributed by atoms with Crippen molar-refractivity contribution >= 4 is 87.2 Å². The fourth-order valence-electron chi connectivity index (χ4n) is 15.9. The van der Waals surface area contributed by atoms with E-state index in [9.17, 15) is 0 Å². The predicted octanol–water partition coefficient (Wildman–Crippen LogP) is 24.5. The Balaban J connectivity index is 0.752. The molecule has 0 fully saturated rings. The standard InChI is InChI=1S/C94H60N6/c1-5-24-61(25-6-1)73-40-23-41-74(62-26-7-2-8-27-62)93(73)69-30-21-28-67(54-69)83-60-84(96-94(95-83)100-88-45-20-16-39-78(88)82-59-66(49-53-92(82)100)64-47-51-90-80(57-64)76-37-14-18-43-86(76)98(90)71-33-11-4-12-34-71)68-29-22-35-72(55-68)99-87-44-19-15-38-77(87)81-58-65(48-52-91(81)99)63-46-50-89-79(56-63)75-36-13-17-42-85(75)97(89)70-31-9-3-10-32-70/h1-60H. The number of hydrogen-bond acceptors (Lipinski definition) is 2. The Hall–Kier alpha value is -13.4. The Labute approximate surface area is 577 Å². The van der Waals surface area contributed by atoms with E-state index in [4.69, 9.17) is 9.97 Å². The lowest BCUT2D eigenvalue weighted by molar-refractivity contribution is 0.995.